The molecular weight excluding hydrogens is 340 g/mol. The highest BCUT2D eigenvalue weighted by molar-refractivity contribution is 9.10. The lowest BCUT2D eigenvalue weighted by molar-refractivity contribution is -0.0498. The predicted octanol–water partition coefficient (Wildman–Crippen LogP) is 4.90. The van der Waals surface area contributed by atoms with Gasteiger partial charge in [-0.2, -0.15) is 8.78 Å². The second kappa shape index (κ2) is 7.52. The molecule has 0 amide bonds. The zero-order chi connectivity index (χ0) is 15.2. The van der Waals surface area contributed by atoms with Gasteiger partial charge in [0.25, 0.3) is 0 Å². The summed E-state index contributed by atoms with van der Waals surface area (Å²) in [5.74, 6) is 0.176. The van der Waals surface area contributed by atoms with Gasteiger partial charge in [-0.05, 0) is 42.3 Å². The molecule has 21 heavy (non-hydrogen) atoms. The van der Waals surface area contributed by atoms with E-state index < -0.39 is 6.61 Å². The van der Waals surface area contributed by atoms with Crippen LogP contribution in [-0.4, -0.2) is 6.61 Å². The molecule has 0 saturated heterocycles. The average Bonchev–Trinajstić information content (AvgIpc) is 2.46. The molecule has 2 aromatic rings. The standard InChI is InChI=1S/C16H16BrF2NO/c1-11(13-4-6-14(17)7-5-13)20-10-12-2-8-15(9-3-12)21-16(18)19/h2-9,11,16,20H,10H2,1H3. The average molecular weight is 356 g/mol. The van der Waals surface area contributed by atoms with E-state index in [0.29, 0.717) is 6.54 Å². The summed E-state index contributed by atoms with van der Waals surface area (Å²) in [5.41, 5.74) is 2.21. The summed E-state index contributed by atoms with van der Waals surface area (Å²) in [5, 5.41) is 3.39. The van der Waals surface area contributed by atoms with E-state index in [-0.39, 0.29) is 11.8 Å². The number of hydrogen-bond acceptors (Lipinski definition) is 2. The van der Waals surface area contributed by atoms with Gasteiger partial charge in [-0.3, -0.25) is 0 Å². The highest BCUT2D eigenvalue weighted by Gasteiger charge is 2.06. The minimum absolute atomic E-state index is 0.176. The maximum atomic E-state index is 12.1. The highest BCUT2D eigenvalue weighted by atomic mass is 79.9. The molecule has 2 nitrogen and oxygen atoms in total. The Kier molecular flexibility index (Phi) is 5.70. The summed E-state index contributed by atoms with van der Waals surface area (Å²) < 4.78 is 29.5. The SMILES string of the molecule is CC(NCc1ccc(OC(F)F)cc1)c1ccc(Br)cc1. The van der Waals surface area contributed by atoms with Crippen molar-refractivity contribution in [3.8, 4) is 5.75 Å². The maximum Gasteiger partial charge on any atom is 0.387 e. The van der Waals surface area contributed by atoms with E-state index in [2.05, 4.69) is 45.0 Å². The fraction of sp³-hybridized carbons (Fsp3) is 0.250. The van der Waals surface area contributed by atoms with Gasteiger partial charge in [0.15, 0.2) is 0 Å². The van der Waals surface area contributed by atoms with Gasteiger partial charge in [0.2, 0.25) is 0 Å². The van der Waals surface area contributed by atoms with Gasteiger partial charge >= 0.3 is 6.61 Å². The molecule has 2 rings (SSSR count). The van der Waals surface area contributed by atoms with Crippen molar-refractivity contribution in [2.45, 2.75) is 26.1 Å². The zero-order valence-corrected chi connectivity index (χ0v) is 13.1. The van der Waals surface area contributed by atoms with Crippen molar-refractivity contribution in [2.24, 2.45) is 0 Å². The van der Waals surface area contributed by atoms with Gasteiger partial charge in [-0.1, -0.05) is 40.2 Å². The van der Waals surface area contributed by atoms with Gasteiger partial charge in [0, 0.05) is 17.1 Å². The minimum atomic E-state index is -2.79. The summed E-state index contributed by atoms with van der Waals surface area (Å²) >= 11 is 3.41. The summed E-state index contributed by atoms with van der Waals surface area (Å²) in [6, 6.07) is 15.0. The predicted molar refractivity (Wildman–Crippen MR) is 82.5 cm³/mol. The monoisotopic (exact) mass is 355 g/mol. The summed E-state index contributed by atoms with van der Waals surface area (Å²) in [6.45, 7) is -0.0460. The first-order valence-corrected chi connectivity index (χ1v) is 7.36. The number of nitrogens with one attached hydrogen (secondary N) is 1. The number of alkyl halides is 2. The van der Waals surface area contributed by atoms with Crippen LogP contribution >= 0.6 is 15.9 Å². The van der Waals surface area contributed by atoms with E-state index in [0.717, 1.165) is 10.0 Å². The Balaban J connectivity index is 1.88. The molecule has 0 aliphatic heterocycles. The number of benzene rings is 2. The maximum absolute atomic E-state index is 12.1. The minimum Gasteiger partial charge on any atom is -0.435 e. The molecule has 0 radical (unpaired) electrons. The van der Waals surface area contributed by atoms with Gasteiger partial charge in [-0.25, -0.2) is 0 Å². The number of rotatable bonds is 6. The Morgan fingerprint density at radius 1 is 1.05 bits per heavy atom. The lowest BCUT2D eigenvalue weighted by Gasteiger charge is -2.14. The number of hydrogen-bond donors (Lipinski definition) is 1. The van der Waals surface area contributed by atoms with Crippen LogP contribution in [0, 0.1) is 0 Å². The topological polar surface area (TPSA) is 21.3 Å². The van der Waals surface area contributed by atoms with Crippen LogP contribution in [0.3, 0.4) is 0 Å². The largest absolute Gasteiger partial charge is 0.435 e. The second-order valence-corrected chi connectivity index (χ2v) is 5.59. The highest BCUT2D eigenvalue weighted by Crippen LogP contribution is 2.18. The quantitative estimate of drug-likeness (QED) is 0.795. The molecule has 2 aromatic carbocycles. The van der Waals surface area contributed by atoms with Gasteiger partial charge in [0.1, 0.15) is 5.75 Å². The summed E-state index contributed by atoms with van der Waals surface area (Å²) in [7, 11) is 0. The molecule has 1 unspecified atom stereocenters. The molecule has 0 aliphatic carbocycles. The van der Waals surface area contributed by atoms with E-state index in [1.54, 1.807) is 24.3 Å². The third-order valence-corrected chi connectivity index (χ3v) is 3.66. The van der Waals surface area contributed by atoms with Crippen LogP contribution in [0.2, 0.25) is 0 Å². The van der Waals surface area contributed by atoms with Crippen LogP contribution in [0.5, 0.6) is 5.75 Å². The summed E-state index contributed by atoms with van der Waals surface area (Å²) in [6.07, 6.45) is 0. The molecule has 0 aromatic heterocycles. The Hall–Kier alpha value is -1.46. The third-order valence-electron chi connectivity index (χ3n) is 3.13. The molecule has 0 spiro atoms. The molecule has 0 aliphatic rings. The van der Waals surface area contributed by atoms with Crippen LogP contribution in [0.4, 0.5) is 8.78 Å². The first-order valence-electron chi connectivity index (χ1n) is 6.57. The Labute approximate surface area is 131 Å². The van der Waals surface area contributed by atoms with E-state index in [1.807, 2.05) is 12.1 Å². The Bertz CT molecular complexity index is 557. The third kappa shape index (κ3) is 5.10. The van der Waals surface area contributed by atoms with Crippen molar-refractivity contribution in [3.63, 3.8) is 0 Å². The number of ether oxygens (including phenoxy) is 1. The molecule has 112 valence electrons. The molecule has 0 saturated carbocycles. The van der Waals surface area contributed by atoms with Crippen molar-refractivity contribution >= 4 is 15.9 Å². The molecule has 0 heterocycles. The van der Waals surface area contributed by atoms with Gasteiger partial charge in [0.05, 0.1) is 0 Å². The molecule has 1 N–H and O–H groups in total. The molecule has 5 heteroatoms. The van der Waals surface area contributed by atoms with E-state index in [1.165, 1.54) is 5.56 Å². The number of halogens is 3. The van der Waals surface area contributed by atoms with Crippen molar-refractivity contribution in [1.82, 2.24) is 5.32 Å². The first kappa shape index (κ1) is 15.9. The smallest absolute Gasteiger partial charge is 0.387 e. The normalized spacial score (nSPS) is 12.4. The fourth-order valence-corrected chi connectivity index (χ4v) is 2.19. The van der Waals surface area contributed by atoms with E-state index >= 15 is 0 Å². The van der Waals surface area contributed by atoms with Crippen LogP contribution in [0.1, 0.15) is 24.1 Å². The lowest BCUT2D eigenvalue weighted by atomic mass is 10.1. The molecule has 0 fully saturated rings. The first-order chi connectivity index (χ1) is 10.0. The van der Waals surface area contributed by atoms with E-state index in [4.69, 9.17) is 0 Å². The fourth-order valence-electron chi connectivity index (χ4n) is 1.93. The van der Waals surface area contributed by atoms with Crippen molar-refractivity contribution < 1.29 is 13.5 Å². The van der Waals surface area contributed by atoms with Gasteiger partial charge < -0.3 is 10.1 Å². The summed E-state index contributed by atoms with van der Waals surface area (Å²) in [4.78, 5) is 0. The van der Waals surface area contributed by atoms with Crippen LogP contribution in [0.15, 0.2) is 53.0 Å². The van der Waals surface area contributed by atoms with Crippen molar-refractivity contribution in [2.75, 3.05) is 0 Å². The van der Waals surface area contributed by atoms with Crippen LogP contribution < -0.4 is 10.1 Å². The lowest BCUT2D eigenvalue weighted by Crippen LogP contribution is -2.17. The Morgan fingerprint density at radius 2 is 1.67 bits per heavy atom. The van der Waals surface area contributed by atoms with Crippen molar-refractivity contribution in [1.29, 1.82) is 0 Å². The van der Waals surface area contributed by atoms with E-state index in [9.17, 15) is 8.78 Å². The second-order valence-electron chi connectivity index (χ2n) is 4.68. The molecule has 0 bridgehead atoms. The van der Waals surface area contributed by atoms with Gasteiger partial charge in [-0.15, -0.1) is 0 Å². The zero-order valence-electron chi connectivity index (χ0n) is 11.5. The molecule has 1 atom stereocenters. The van der Waals surface area contributed by atoms with Crippen LogP contribution in [0.25, 0.3) is 0 Å². The Morgan fingerprint density at radius 3 is 2.24 bits per heavy atom. The van der Waals surface area contributed by atoms with Crippen molar-refractivity contribution in [3.05, 3.63) is 64.1 Å². The van der Waals surface area contributed by atoms with Crippen LogP contribution in [-0.2, 0) is 6.54 Å². The molecular formula is C16H16BrF2NO.